The monoisotopic (exact) mass is 232 g/mol. The minimum Gasteiger partial charge on any atom is -0.381 e. The zero-order valence-electron chi connectivity index (χ0n) is 10.4. The SMILES string of the molecule is CCCc1cccc(C(=O)C2CCOCC2)c1. The van der Waals surface area contributed by atoms with E-state index in [1.807, 2.05) is 12.1 Å². The molecule has 2 heteroatoms. The summed E-state index contributed by atoms with van der Waals surface area (Å²) < 4.78 is 5.30. The van der Waals surface area contributed by atoms with Crippen molar-refractivity contribution in [3.63, 3.8) is 0 Å². The molecule has 0 saturated carbocycles. The number of hydrogen-bond donors (Lipinski definition) is 0. The van der Waals surface area contributed by atoms with Crippen molar-refractivity contribution in [1.82, 2.24) is 0 Å². The van der Waals surface area contributed by atoms with Crippen LogP contribution in [0.4, 0.5) is 0 Å². The van der Waals surface area contributed by atoms with Crippen molar-refractivity contribution in [2.45, 2.75) is 32.6 Å². The van der Waals surface area contributed by atoms with Gasteiger partial charge in [-0.1, -0.05) is 31.5 Å². The van der Waals surface area contributed by atoms with E-state index >= 15 is 0 Å². The van der Waals surface area contributed by atoms with Crippen molar-refractivity contribution in [2.75, 3.05) is 13.2 Å². The summed E-state index contributed by atoms with van der Waals surface area (Å²) in [5.41, 5.74) is 2.15. The van der Waals surface area contributed by atoms with Crippen LogP contribution in [0.15, 0.2) is 24.3 Å². The maximum absolute atomic E-state index is 12.3. The normalized spacial score (nSPS) is 17.0. The van der Waals surface area contributed by atoms with Gasteiger partial charge < -0.3 is 4.74 Å². The van der Waals surface area contributed by atoms with Gasteiger partial charge in [-0.25, -0.2) is 0 Å². The first kappa shape index (κ1) is 12.3. The highest BCUT2D eigenvalue weighted by Crippen LogP contribution is 2.21. The standard InChI is InChI=1S/C15H20O2/c1-2-4-12-5-3-6-14(11-12)15(16)13-7-9-17-10-8-13/h3,5-6,11,13H,2,4,7-10H2,1H3. The van der Waals surface area contributed by atoms with E-state index in [0.717, 1.165) is 44.5 Å². The number of ketones is 1. The summed E-state index contributed by atoms with van der Waals surface area (Å²) in [6.07, 6.45) is 3.91. The molecule has 0 radical (unpaired) electrons. The molecule has 2 nitrogen and oxygen atoms in total. The summed E-state index contributed by atoms with van der Waals surface area (Å²) in [4.78, 5) is 12.3. The third-order valence-electron chi connectivity index (χ3n) is 3.34. The van der Waals surface area contributed by atoms with Gasteiger partial charge in [0.05, 0.1) is 0 Å². The van der Waals surface area contributed by atoms with Gasteiger partial charge in [0, 0.05) is 24.7 Å². The van der Waals surface area contributed by atoms with Gasteiger partial charge in [-0.15, -0.1) is 0 Å². The molecule has 1 fully saturated rings. The van der Waals surface area contributed by atoms with Gasteiger partial charge >= 0.3 is 0 Å². The average Bonchev–Trinajstić information content (AvgIpc) is 2.40. The molecule has 0 aliphatic carbocycles. The molecule has 2 rings (SSSR count). The summed E-state index contributed by atoms with van der Waals surface area (Å²) in [7, 11) is 0. The first-order valence-corrected chi connectivity index (χ1v) is 6.52. The molecule has 1 aliphatic rings. The fraction of sp³-hybridized carbons (Fsp3) is 0.533. The number of carbonyl (C=O) groups excluding carboxylic acids is 1. The average molecular weight is 232 g/mol. The Balaban J connectivity index is 2.09. The molecule has 1 heterocycles. The number of benzene rings is 1. The lowest BCUT2D eigenvalue weighted by atomic mass is 9.90. The van der Waals surface area contributed by atoms with Crippen molar-refractivity contribution in [2.24, 2.45) is 5.92 Å². The predicted molar refractivity (Wildman–Crippen MR) is 68.3 cm³/mol. The molecule has 1 saturated heterocycles. The molecule has 92 valence electrons. The van der Waals surface area contributed by atoms with Crippen molar-refractivity contribution >= 4 is 5.78 Å². The predicted octanol–water partition coefficient (Wildman–Crippen LogP) is 3.25. The molecule has 0 spiro atoms. The Bertz CT molecular complexity index is 378. The highest BCUT2D eigenvalue weighted by molar-refractivity contribution is 5.98. The summed E-state index contributed by atoms with van der Waals surface area (Å²) in [6.45, 7) is 3.61. The largest absolute Gasteiger partial charge is 0.381 e. The molecule has 0 aromatic heterocycles. The second-order valence-corrected chi connectivity index (χ2v) is 4.70. The molecule has 1 aromatic carbocycles. The quantitative estimate of drug-likeness (QED) is 0.745. The first-order chi connectivity index (χ1) is 8.31. The number of rotatable bonds is 4. The molecular weight excluding hydrogens is 212 g/mol. The lowest BCUT2D eigenvalue weighted by molar-refractivity contribution is 0.0545. The molecular formula is C15H20O2. The van der Waals surface area contributed by atoms with E-state index in [1.54, 1.807) is 0 Å². The Hall–Kier alpha value is -1.15. The number of ether oxygens (including phenoxy) is 1. The van der Waals surface area contributed by atoms with Crippen LogP contribution in [0.5, 0.6) is 0 Å². The zero-order valence-corrected chi connectivity index (χ0v) is 10.4. The summed E-state index contributed by atoms with van der Waals surface area (Å²) in [6, 6.07) is 8.10. The van der Waals surface area contributed by atoms with E-state index < -0.39 is 0 Å². The number of carbonyl (C=O) groups is 1. The van der Waals surface area contributed by atoms with Crippen LogP contribution in [-0.4, -0.2) is 19.0 Å². The van der Waals surface area contributed by atoms with Crippen LogP contribution in [0.1, 0.15) is 42.1 Å². The second kappa shape index (κ2) is 5.97. The minimum atomic E-state index is 0.167. The van der Waals surface area contributed by atoms with Crippen LogP contribution in [0.25, 0.3) is 0 Å². The molecule has 0 bridgehead atoms. The molecule has 1 aromatic rings. The van der Waals surface area contributed by atoms with Crippen molar-refractivity contribution in [3.05, 3.63) is 35.4 Å². The molecule has 17 heavy (non-hydrogen) atoms. The van der Waals surface area contributed by atoms with Crippen LogP contribution >= 0.6 is 0 Å². The van der Waals surface area contributed by atoms with E-state index in [4.69, 9.17) is 4.74 Å². The van der Waals surface area contributed by atoms with E-state index in [-0.39, 0.29) is 5.92 Å². The van der Waals surface area contributed by atoms with Gasteiger partial charge in [0.15, 0.2) is 5.78 Å². The van der Waals surface area contributed by atoms with E-state index in [9.17, 15) is 4.79 Å². The Morgan fingerprint density at radius 2 is 2.12 bits per heavy atom. The van der Waals surface area contributed by atoms with Crippen LogP contribution < -0.4 is 0 Å². The Morgan fingerprint density at radius 3 is 2.82 bits per heavy atom. The number of hydrogen-bond acceptors (Lipinski definition) is 2. The molecule has 0 N–H and O–H groups in total. The van der Waals surface area contributed by atoms with Gasteiger partial charge in [0.2, 0.25) is 0 Å². The third kappa shape index (κ3) is 3.16. The first-order valence-electron chi connectivity index (χ1n) is 6.52. The maximum atomic E-state index is 12.3. The van der Waals surface area contributed by atoms with Gasteiger partial charge in [-0.05, 0) is 30.9 Å². The summed E-state index contributed by atoms with van der Waals surface area (Å²) in [5, 5.41) is 0. The minimum absolute atomic E-state index is 0.167. The molecule has 0 amide bonds. The zero-order chi connectivity index (χ0) is 12.1. The van der Waals surface area contributed by atoms with Crippen LogP contribution in [0.2, 0.25) is 0 Å². The smallest absolute Gasteiger partial charge is 0.166 e. The number of aryl methyl sites for hydroxylation is 1. The van der Waals surface area contributed by atoms with Gasteiger partial charge in [-0.3, -0.25) is 4.79 Å². The van der Waals surface area contributed by atoms with Crippen molar-refractivity contribution in [1.29, 1.82) is 0 Å². The Kier molecular flexibility index (Phi) is 4.32. The fourth-order valence-corrected chi connectivity index (χ4v) is 2.36. The molecule has 0 unspecified atom stereocenters. The highest BCUT2D eigenvalue weighted by Gasteiger charge is 2.22. The Labute approximate surface area is 103 Å². The molecule has 0 atom stereocenters. The van der Waals surface area contributed by atoms with Crippen molar-refractivity contribution < 1.29 is 9.53 Å². The Morgan fingerprint density at radius 1 is 1.35 bits per heavy atom. The topological polar surface area (TPSA) is 26.3 Å². The summed E-state index contributed by atoms with van der Waals surface area (Å²) in [5.74, 6) is 0.465. The lowest BCUT2D eigenvalue weighted by Gasteiger charge is -2.21. The second-order valence-electron chi connectivity index (χ2n) is 4.70. The van der Waals surface area contributed by atoms with Gasteiger partial charge in [0.1, 0.15) is 0 Å². The molecule has 1 aliphatic heterocycles. The summed E-state index contributed by atoms with van der Waals surface area (Å²) >= 11 is 0. The van der Waals surface area contributed by atoms with Crippen LogP contribution in [0.3, 0.4) is 0 Å². The van der Waals surface area contributed by atoms with Gasteiger partial charge in [-0.2, -0.15) is 0 Å². The fourth-order valence-electron chi connectivity index (χ4n) is 2.36. The van der Waals surface area contributed by atoms with Crippen molar-refractivity contribution in [3.8, 4) is 0 Å². The third-order valence-corrected chi connectivity index (χ3v) is 3.34. The van der Waals surface area contributed by atoms with Crippen LogP contribution in [-0.2, 0) is 11.2 Å². The van der Waals surface area contributed by atoms with E-state index in [1.165, 1.54) is 5.56 Å². The van der Waals surface area contributed by atoms with Crippen LogP contribution in [0, 0.1) is 5.92 Å². The number of Topliss-reactive ketones (excluding diaryl/α,β-unsaturated/α-hetero) is 1. The van der Waals surface area contributed by atoms with Gasteiger partial charge in [0.25, 0.3) is 0 Å². The highest BCUT2D eigenvalue weighted by atomic mass is 16.5. The van der Waals surface area contributed by atoms with E-state index in [0.29, 0.717) is 5.78 Å². The van der Waals surface area contributed by atoms with E-state index in [2.05, 4.69) is 19.1 Å². The maximum Gasteiger partial charge on any atom is 0.166 e. The lowest BCUT2D eigenvalue weighted by Crippen LogP contribution is -2.23.